The third-order valence-corrected chi connectivity index (χ3v) is 3.19. The highest BCUT2D eigenvalue weighted by Crippen LogP contribution is 2.17. The number of nitrogens with one attached hydrogen (secondary N) is 1. The highest BCUT2D eigenvalue weighted by molar-refractivity contribution is 7.71. The zero-order chi connectivity index (χ0) is 12.5. The Bertz CT molecular complexity index is 748. The van der Waals surface area contributed by atoms with Gasteiger partial charge >= 0.3 is 0 Å². The van der Waals surface area contributed by atoms with E-state index in [1.54, 1.807) is 18.6 Å². The Morgan fingerprint density at radius 3 is 2.89 bits per heavy atom. The van der Waals surface area contributed by atoms with Gasteiger partial charge < -0.3 is 4.98 Å². The van der Waals surface area contributed by atoms with E-state index in [0.29, 0.717) is 16.3 Å². The Morgan fingerprint density at radius 1 is 1.33 bits per heavy atom. The Labute approximate surface area is 113 Å². The van der Waals surface area contributed by atoms with E-state index in [4.69, 9.17) is 23.8 Å². The molecular formula is C12H9ClN4S. The predicted molar refractivity (Wildman–Crippen MR) is 73.3 cm³/mol. The van der Waals surface area contributed by atoms with Crippen LogP contribution in [0.1, 0.15) is 5.56 Å². The van der Waals surface area contributed by atoms with Crippen molar-refractivity contribution in [3.05, 3.63) is 52.1 Å². The molecule has 90 valence electrons. The van der Waals surface area contributed by atoms with Crippen LogP contribution in [0.25, 0.3) is 11.2 Å². The first-order chi connectivity index (χ1) is 8.74. The van der Waals surface area contributed by atoms with Gasteiger partial charge in [0.25, 0.3) is 0 Å². The molecule has 0 fully saturated rings. The van der Waals surface area contributed by atoms with Crippen LogP contribution in [0.3, 0.4) is 0 Å². The van der Waals surface area contributed by atoms with Crippen LogP contribution < -0.4 is 0 Å². The van der Waals surface area contributed by atoms with Gasteiger partial charge in [-0.05, 0) is 36.0 Å². The summed E-state index contributed by atoms with van der Waals surface area (Å²) in [5.74, 6) is 0. The molecule has 0 saturated carbocycles. The average Bonchev–Trinajstić information content (AvgIpc) is 2.66. The Hall–Kier alpha value is -1.72. The molecule has 0 atom stereocenters. The number of imidazole rings is 1. The lowest BCUT2D eigenvalue weighted by molar-refractivity contribution is 0.799. The number of fused-ring (bicyclic) bond motifs is 1. The van der Waals surface area contributed by atoms with Crippen LogP contribution in [0.5, 0.6) is 0 Å². The molecular weight excluding hydrogens is 268 g/mol. The number of halogens is 1. The number of rotatable bonds is 2. The standard InChI is InChI=1S/C12H9ClN4S/c13-9-5-10-11(15-6-9)17(12(18)16-10)7-8-1-3-14-4-2-8/h1-6H,7H2,(H,16,18). The summed E-state index contributed by atoms with van der Waals surface area (Å²) in [6.07, 6.45) is 5.14. The molecule has 0 aliphatic rings. The van der Waals surface area contributed by atoms with E-state index in [1.807, 2.05) is 22.8 Å². The molecule has 4 nitrogen and oxygen atoms in total. The lowest BCUT2D eigenvalue weighted by Crippen LogP contribution is -2.00. The van der Waals surface area contributed by atoms with Crippen molar-refractivity contribution in [3.63, 3.8) is 0 Å². The highest BCUT2D eigenvalue weighted by Gasteiger charge is 2.06. The number of aromatic nitrogens is 4. The minimum atomic E-state index is 0.592. The number of hydrogen-bond acceptors (Lipinski definition) is 3. The zero-order valence-electron chi connectivity index (χ0n) is 9.30. The van der Waals surface area contributed by atoms with Gasteiger partial charge in [-0.2, -0.15) is 0 Å². The molecule has 1 N–H and O–H groups in total. The summed E-state index contributed by atoms with van der Waals surface area (Å²) in [7, 11) is 0. The second-order valence-corrected chi connectivity index (χ2v) is 4.72. The van der Waals surface area contributed by atoms with Crippen molar-refractivity contribution in [1.29, 1.82) is 0 Å². The minimum absolute atomic E-state index is 0.592. The van der Waals surface area contributed by atoms with Gasteiger partial charge in [0.05, 0.1) is 17.1 Å². The van der Waals surface area contributed by atoms with E-state index in [-0.39, 0.29) is 0 Å². The largest absolute Gasteiger partial charge is 0.329 e. The smallest absolute Gasteiger partial charge is 0.179 e. The molecule has 18 heavy (non-hydrogen) atoms. The summed E-state index contributed by atoms with van der Waals surface area (Å²) >= 11 is 11.2. The quantitative estimate of drug-likeness (QED) is 0.731. The van der Waals surface area contributed by atoms with Crippen molar-refractivity contribution in [2.24, 2.45) is 0 Å². The second kappa shape index (κ2) is 4.51. The summed E-state index contributed by atoms with van der Waals surface area (Å²) in [6.45, 7) is 0.663. The third-order valence-electron chi connectivity index (χ3n) is 2.67. The van der Waals surface area contributed by atoms with Crippen LogP contribution >= 0.6 is 23.8 Å². The molecule has 3 rings (SSSR count). The van der Waals surface area contributed by atoms with Crippen molar-refractivity contribution in [2.75, 3.05) is 0 Å². The topological polar surface area (TPSA) is 46.5 Å². The summed E-state index contributed by atoms with van der Waals surface area (Å²) in [4.78, 5) is 11.4. The van der Waals surface area contributed by atoms with Gasteiger partial charge in [0, 0.05) is 18.6 Å². The maximum absolute atomic E-state index is 5.91. The summed E-state index contributed by atoms with van der Waals surface area (Å²) in [5.41, 5.74) is 2.78. The molecule has 0 saturated heterocycles. The molecule has 3 heterocycles. The zero-order valence-corrected chi connectivity index (χ0v) is 10.9. The first-order valence-electron chi connectivity index (χ1n) is 5.37. The minimum Gasteiger partial charge on any atom is -0.329 e. The molecule has 0 radical (unpaired) electrons. The van der Waals surface area contributed by atoms with Crippen molar-refractivity contribution in [1.82, 2.24) is 19.5 Å². The van der Waals surface area contributed by atoms with Gasteiger partial charge in [0.15, 0.2) is 10.4 Å². The molecule has 0 bridgehead atoms. The van der Waals surface area contributed by atoms with Gasteiger partial charge in [0.1, 0.15) is 0 Å². The maximum atomic E-state index is 5.91. The van der Waals surface area contributed by atoms with Gasteiger partial charge in [-0.25, -0.2) is 4.98 Å². The highest BCUT2D eigenvalue weighted by atomic mass is 35.5. The Kier molecular flexibility index (Phi) is 2.85. The van der Waals surface area contributed by atoms with Crippen molar-refractivity contribution in [3.8, 4) is 0 Å². The van der Waals surface area contributed by atoms with E-state index in [1.165, 1.54) is 0 Å². The van der Waals surface area contributed by atoms with Crippen molar-refractivity contribution >= 4 is 35.0 Å². The van der Waals surface area contributed by atoms with E-state index in [0.717, 1.165) is 16.7 Å². The number of aromatic amines is 1. The molecule has 0 aliphatic heterocycles. The SMILES string of the molecule is S=c1[nH]c2cc(Cl)cnc2n1Cc1ccncc1. The molecule has 0 spiro atoms. The van der Waals surface area contributed by atoms with Crippen LogP contribution in [0.4, 0.5) is 0 Å². The maximum Gasteiger partial charge on any atom is 0.179 e. The van der Waals surface area contributed by atoms with Gasteiger partial charge in [-0.3, -0.25) is 9.55 Å². The molecule has 0 amide bonds. The van der Waals surface area contributed by atoms with Crippen LogP contribution in [0.15, 0.2) is 36.8 Å². The monoisotopic (exact) mass is 276 g/mol. The first kappa shape index (κ1) is 11.4. The Balaban J connectivity index is 2.12. The van der Waals surface area contributed by atoms with Gasteiger partial charge in [0.2, 0.25) is 0 Å². The summed E-state index contributed by atoms with van der Waals surface area (Å²) < 4.78 is 2.58. The third kappa shape index (κ3) is 2.02. The van der Waals surface area contributed by atoms with Crippen LogP contribution in [-0.4, -0.2) is 19.5 Å². The number of pyridine rings is 2. The van der Waals surface area contributed by atoms with Gasteiger partial charge in [-0.15, -0.1) is 0 Å². The molecule has 0 unspecified atom stereocenters. The normalized spacial score (nSPS) is 10.9. The van der Waals surface area contributed by atoms with Crippen LogP contribution in [0.2, 0.25) is 5.02 Å². The average molecular weight is 277 g/mol. The first-order valence-corrected chi connectivity index (χ1v) is 6.15. The predicted octanol–water partition coefficient (Wildman–Crippen LogP) is 3.19. The van der Waals surface area contributed by atoms with E-state index >= 15 is 0 Å². The Morgan fingerprint density at radius 2 is 2.11 bits per heavy atom. The fourth-order valence-electron chi connectivity index (χ4n) is 1.84. The number of nitrogens with zero attached hydrogens (tertiary/aromatic N) is 3. The van der Waals surface area contributed by atoms with E-state index in [2.05, 4.69) is 15.0 Å². The van der Waals surface area contributed by atoms with Crippen molar-refractivity contribution in [2.45, 2.75) is 6.54 Å². The second-order valence-electron chi connectivity index (χ2n) is 3.90. The molecule has 0 aromatic carbocycles. The molecule has 3 aromatic rings. The van der Waals surface area contributed by atoms with Crippen molar-refractivity contribution < 1.29 is 0 Å². The lowest BCUT2D eigenvalue weighted by atomic mass is 10.3. The number of hydrogen-bond donors (Lipinski definition) is 1. The molecule has 6 heteroatoms. The fraction of sp³-hybridized carbons (Fsp3) is 0.0833. The lowest BCUT2D eigenvalue weighted by Gasteiger charge is -2.03. The van der Waals surface area contributed by atoms with E-state index < -0.39 is 0 Å². The number of H-pyrrole nitrogens is 1. The van der Waals surface area contributed by atoms with E-state index in [9.17, 15) is 0 Å². The van der Waals surface area contributed by atoms with Gasteiger partial charge in [-0.1, -0.05) is 11.6 Å². The molecule has 0 aliphatic carbocycles. The summed E-state index contributed by atoms with van der Waals surface area (Å²) in [6, 6.07) is 5.73. The summed E-state index contributed by atoms with van der Waals surface area (Å²) in [5, 5.41) is 0.592. The fourth-order valence-corrected chi connectivity index (χ4v) is 2.25. The van der Waals surface area contributed by atoms with Crippen LogP contribution in [0, 0.1) is 4.77 Å². The molecule has 3 aromatic heterocycles. The van der Waals surface area contributed by atoms with Crippen LogP contribution in [-0.2, 0) is 6.54 Å².